The SMILES string of the molecule is CCOC(=O)c1c(O)n2ccc(Br)cc2c(CC)c1=S. The van der Waals surface area contributed by atoms with E-state index in [1.807, 2.05) is 13.0 Å². The molecule has 2 aromatic heterocycles. The summed E-state index contributed by atoms with van der Waals surface area (Å²) in [6, 6.07) is 3.65. The summed E-state index contributed by atoms with van der Waals surface area (Å²) in [5.74, 6) is -0.782. The van der Waals surface area contributed by atoms with E-state index in [0.717, 1.165) is 15.6 Å². The van der Waals surface area contributed by atoms with E-state index in [0.29, 0.717) is 10.9 Å². The van der Waals surface area contributed by atoms with Crippen molar-refractivity contribution in [3.63, 3.8) is 0 Å². The minimum atomic E-state index is -0.595. The quantitative estimate of drug-likeness (QED) is 0.670. The Morgan fingerprint density at radius 3 is 2.80 bits per heavy atom. The molecule has 6 heteroatoms. The third-order valence-electron chi connectivity index (χ3n) is 3.01. The lowest BCUT2D eigenvalue weighted by Crippen LogP contribution is -2.10. The molecule has 0 saturated carbocycles. The Morgan fingerprint density at radius 2 is 2.20 bits per heavy atom. The molecule has 2 rings (SSSR count). The number of aromatic hydroxyl groups is 1. The summed E-state index contributed by atoms with van der Waals surface area (Å²) in [6.07, 6.45) is 2.34. The highest BCUT2D eigenvalue weighted by Gasteiger charge is 2.20. The fourth-order valence-electron chi connectivity index (χ4n) is 2.11. The molecular formula is C14H14BrNO3S. The monoisotopic (exact) mass is 355 g/mol. The Balaban J connectivity index is 2.88. The average molecular weight is 356 g/mol. The van der Waals surface area contributed by atoms with E-state index in [1.165, 1.54) is 0 Å². The van der Waals surface area contributed by atoms with Crippen LogP contribution in [0, 0.1) is 4.51 Å². The van der Waals surface area contributed by atoms with Gasteiger partial charge in [-0.1, -0.05) is 35.1 Å². The summed E-state index contributed by atoms with van der Waals surface area (Å²) in [5.41, 5.74) is 1.66. The lowest BCUT2D eigenvalue weighted by molar-refractivity contribution is 0.0521. The number of esters is 1. The summed E-state index contributed by atoms with van der Waals surface area (Å²) >= 11 is 8.75. The Kier molecular flexibility index (Phi) is 4.45. The predicted molar refractivity (Wildman–Crippen MR) is 82.9 cm³/mol. The number of fused-ring (bicyclic) bond motifs is 1. The van der Waals surface area contributed by atoms with Crippen LogP contribution in [0.15, 0.2) is 22.8 Å². The largest absolute Gasteiger partial charge is 0.494 e. The van der Waals surface area contributed by atoms with Gasteiger partial charge in [0.1, 0.15) is 5.56 Å². The Morgan fingerprint density at radius 1 is 1.50 bits per heavy atom. The van der Waals surface area contributed by atoms with Crippen molar-refractivity contribution in [2.75, 3.05) is 6.61 Å². The topological polar surface area (TPSA) is 50.9 Å². The van der Waals surface area contributed by atoms with Crippen molar-refractivity contribution in [1.29, 1.82) is 0 Å². The number of carbonyl (C=O) groups is 1. The molecule has 0 aliphatic heterocycles. The van der Waals surface area contributed by atoms with Crippen LogP contribution < -0.4 is 0 Å². The van der Waals surface area contributed by atoms with Crippen LogP contribution >= 0.6 is 28.1 Å². The van der Waals surface area contributed by atoms with Crippen LogP contribution in [0.5, 0.6) is 5.88 Å². The normalized spacial score (nSPS) is 10.8. The maximum Gasteiger partial charge on any atom is 0.345 e. The van der Waals surface area contributed by atoms with Crippen LogP contribution in [0.3, 0.4) is 0 Å². The van der Waals surface area contributed by atoms with E-state index in [1.54, 1.807) is 23.6 Å². The van der Waals surface area contributed by atoms with Gasteiger partial charge in [0.05, 0.1) is 16.6 Å². The lowest BCUT2D eigenvalue weighted by atomic mass is 10.1. The highest BCUT2D eigenvalue weighted by atomic mass is 79.9. The van der Waals surface area contributed by atoms with Gasteiger partial charge < -0.3 is 9.84 Å². The molecule has 0 spiro atoms. The number of ether oxygens (including phenoxy) is 1. The van der Waals surface area contributed by atoms with Crippen molar-refractivity contribution in [2.24, 2.45) is 0 Å². The molecule has 0 fully saturated rings. The first-order valence-electron chi connectivity index (χ1n) is 6.24. The molecule has 0 radical (unpaired) electrons. The number of pyridine rings is 2. The first kappa shape index (κ1) is 15.0. The second-order valence-electron chi connectivity index (χ2n) is 4.18. The zero-order valence-electron chi connectivity index (χ0n) is 11.1. The summed E-state index contributed by atoms with van der Waals surface area (Å²) in [6.45, 7) is 3.90. The minimum Gasteiger partial charge on any atom is -0.494 e. The number of nitrogens with zero attached hydrogens (tertiary/aromatic N) is 1. The third kappa shape index (κ3) is 2.45. The van der Waals surface area contributed by atoms with Gasteiger partial charge in [-0.15, -0.1) is 0 Å². The first-order valence-corrected chi connectivity index (χ1v) is 7.44. The number of aromatic nitrogens is 1. The van der Waals surface area contributed by atoms with Crippen molar-refractivity contribution in [3.8, 4) is 5.88 Å². The van der Waals surface area contributed by atoms with Gasteiger partial charge in [0, 0.05) is 10.7 Å². The molecule has 2 heterocycles. The van der Waals surface area contributed by atoms with Gasteiger partial charge in [0.25, 0.3) is 0 Å². The molecule has 1 N–H and O–H groups in total. The van der Waals surface area contributed by atoms with E-state index >= 15 is 0 Å². The number of rotatable bonds is 3. The molecule has 0 bridgehead atoms. The molecule has 0 unspecified atom stereocenters. The first-order chi connectivity index (χ1) is 9.51. The minimum absolute atomic E-state index is 0.0542. The van der Waals surface area contributed by atoms with Crippen molar-refractivity contribution >= 4 is 39.6 Å². The standard InChI is InChI=1S/C14H14BrNO3S/c1-3-9-10-7-8(15)5-6-16(10)13(17)11(12(9)20)14(18)19-4-2/h5-7,17H,3-4H2,1-2H3. The van der Waals surface area contributed by atoms with Crippen molar-refractivity contribution < 1.29 is 14.6 Å². The van der Waals surface area contributed by atoms with Gasteiger partial charge in [-0.2, -0.15) is 0 Å². The van der Waals surface area contributed by atoms with E-state index < -0.39 is 5.97 Å². The fraction of sp³-hybridized carbons (Fsp3) is 0.286. The van der Waals surface area contributed by atoms with E-state index in [2.05, 4.69) is 15.9 Å². The zero-order valence-corrected chi connectivity index (χ0v) is 13.5. The van der Waals surface area contributed by atoms with Crippen LogP contribution in [-0.2, 0) is 11.2 Å². The van der Waals surface area contributed by atoms with Gasteiger partial charge in [-0.05, 0) is 31.0 Å². The zero-order chi connectivity index (χ0) is 14.9. The van der Waals surface area contributed by atoms with Crippen molar-refractivity contribution in [3.05, 3.63) is 38.4 Å². The molecule has 0 aromatic carbocycles. The molecule has 4 nitrogen and oxygen atoms in total. The van der Waals surface area contributed by atoms with Crippen LogP contribution in [0.1, 0.15) is 29.8 Å². The Bertz CT molecular complexity index is 739. The van der Waals surface area contributed by atoms with Gasteiger partial charge >= 0.3 is 5.97 Å². The Labute approximate surface area is 130 Å². The van der Waals surface area contributed by atoms with E-state index in [-0.39, 0.29) is 18.1 Å². The molecule has 20 heavy (non-hydrogen) atoms. The lowest BCUT2D eigenvalue weighted by Gasteiger charge is -2.14. The van der Waals surface area contributed by atoms with Crippen LogP contribution in [0.2, 0.25) is 0 Å². The van der Waals surface area contributed by atoms with Gasteiger partial charge in [-0.3, -0.25) is 4.40 Å². The van der Waals surface area contributed by atoms with E-state index in [4.69, 9.17) is 17.0 Å². The molecule has 2 aromatic rings. The van der Waals surface area contributed by atoms with E-state index in [9.17, 15) is 9.90 Å². The molecule has 0 atom stereocenters. The second-order valence-corrected chi connectivity index (χ2v) is 5.50. The Hall–Kier alpha value is -1.40. The molecular weight excluding hydrogens is 342 g/mol. The molecule has 0 aliphatic rings. The number of hydrogen-bond donors (Lipinski definition) is 1. The molecule has 0 amide bonds. The van der Waals surface area contributed by atoms with Crippen LogP contribution in [0.4, 0.5) is 0 Å². The highest BCUT2D eigenvalue weighted by molar-refractivity contribution is 9.10. The summed E-state index contributed by atoms with van der Waals surface area (Å²) in [5, 5.41) is 10.3. The van der Waals surface area contributed by atoms with Crippen molar-refractivity contribution in [1.82, 2.24) is 4.40 Å². The maximum absolute atomic E-state index is 12.0. The summed E-state index contributed by atoms with van der Waals surface area (Å²) in [4.78, 5) is 12.0. The van der Waals surface area contributed by atoms with Crippen molar-refractivity contribution in [2.45, 2.75) is 20.3 Å². The third-order valence-corrected chi connectivity index (χ3v) is 3.96. The summed E-state index contributed by atoms with van der Waals surface area (Å²) < 4.78 is 7.75. The van der Waals surface area contributed by atoms with Gasteiger partial charge in [-0.25, -0.2) is 4.79 Å². The fourth-order valence-corrected chi connectivity index (χ4v) is 2.87. The predicted octanol–water partition coefficient (Wildman–Crippen LogP) is 3.88. The van der Waals surface area contributed by atoms with Crippen LogP contribution in [-0.4, -0.2) is 22.1 Å². The smallest absolute Gasteiger partial charge is 0.345 e. The molecule has 0 aliphatic carbocycles. The summed E-state index contributed by atoms with van der Waals surface area (Å²) in [7, 11) is 0. The van der Waals surface area contributed by atoms with Gasteiger partial charge in [0.15, 0.2) is 0 Å². The highest BCUT2D eigenvalue weighted by Crippen LogP contribution is 2.28. The number of hydrogen-bond acceptors (Lipinski definition) is 4. The number of carbonyl (C=O) groups excluding carboxylic acids is 1. The number of halogens is 1. The molecule has 106 valence electrons. The second kappa shape index (κ2) is 5.93. The maximum atomic E-state index is 12.0. The van der Waals surface area contributed by atoms with Gasteiger partial charge in [0.2, 0.25) is 5.88 Å². The van der Waals surface area contributed by atoms with Crippen LogP contribution in [0.25, 0.3) is 5.52 Å². The average Bonchev–Trinajstić information content (AvgIpc) is 2.39. The number of aryl methyl sites for hydroxylation is 1. The molecule has 0 saturated heterocycles.